The van der Waals surface area contributed by atoms with Crippen molar-refractivity contribution in [2.45, 2.75) is 6.92 Å². The Morgan fingerprint density at radius 3 is 2.31 bits per heavy atom. The highest BCUT2D eigenvalue weighted by Crippen LogP contribution is 2.23. The Labute approximate surface area is 172 Å². The van der Waals surface area contributed by atoms with Crippen molar-refractivity contribution < 1.29 is 14.4 Å². The number of hydrogen-bond acceptors (Lipinski definition) is 4. The third kappa shape index (κ3) is 5.66. The minimum Gasteiger partial charge on any atom is -0.352 e. The Bertz CT molecular complexity index is 1020. The molecule has 29 heavy (non-hydrogen) atoms. The van der Waals surface area contributed by atoms with Gasteiger partial charge in [0.2, 0.25) is 0 Å². The standard InChI is InChI=1S/C21H20N4O3S/c1-2-22-19(26)14-7-6-10-16(13-14)23-20(27)17-11-12-18(29-17)25-21(28)24-15-8-4-3-5-9-15/h3-13H,2H2,1H3,(H,22,26)(H,23,27)(H2,24,25,28). The molecule has 1 aromatic heterocycles. The molecule has 0 aliphatic carbocycles. The van der Waals surface area contributed by atoms with Crippen LogP contribution in [0.15, 0.2) is 66.7 Å². The molecule has 2 aromatic carbocycles. The van der Waals surface area contributed by atoms with E-state index in [1.807, 2.05) is 25.1 Å². The zero-order chi connectivity index (χ0) is 20.6. The van der Waals surface area contributed by atoms with Crippen LogP contribution in [0, 0.1) is 0 Å². The van der Waals surface area contributed by atoms with Crippen molar-refractivity contribution in [3.05, 3.63) is 77.2 Å². The minimum atomic E-state index is -0.389. The maximum Gasteiger partial charge on any atom is 0.324 e. The van der Waals surface area contributed by atoms with Crippen molar-refractivity contribution in [2.24, 2.45) is 0 Å². The Morgan fingerprint density at radius 1 is 0.793 bits per heavy atom. The van der Waals surface area contributed by atoms with Crippen LogP contribution >= 0.6 is 11.3 Å². The maximum absolute atomic E-state index is 12.5. The number of carbonyl (C=O) groups excluding carboxylic acids is 3. The molecule has 0 aliphatic rings. The highest BCUT2D eigenvalue weighted by Gasteiger charge is 2.12. The molecule has 8 heteroatoms. The summed E-state index contributed by atoms with van der Waals surface area (Å²) in [6.07, 6.45) is 0. The fourth-order valence-corrected chi connectivity index (χ4v) is 3.31. The summed E-state index contributed by atoms with van der Waals surface area (Å²) in [5.74, 6) is -0.518. The molecule has 1 heterocycles. The van der Waals surface area contributed by atoms with Crippen LogP contribution in [0.5, 0.6) is 0 Å². The van der Waals surface area contributed by atoms with Crippen molar-refractivity contribution in [3.8, 4) is 0 Å². The smallest absolute Gasteiger partial charge is 0.324 e. The van der Waals surface area contributed by atoms with Crippen LogP contribution in [0.4, 0.5) is 21.2 Å². The van der Waals surface area contributed by atoms with Crippen LogP contribution in [0.1, 0.15) is 27.0 Å². The SMILES string of the molecule is CCNC(=O)c1cccc(NC(=O)c2ccc(NC(=O)Nc3ccccc3)s2)c1. The van der Waals surface area contributed by atoms with E-state index in [9.17, 15) is 14.4 Å². The van der Waals surface area contributed by atoms with Crippen LogP contribution in [0.3, 0.4) is 0 Å². The van der Waals surface area contributed by atoms with Crippen LogP contribution in [0.2, 0.25) is 0 Å². The number of anilines is 3. The van der Waals surface area contributed by atoms with Gasteiger partial charge in [-0.15, -0.1) is 11.3 Å². The largest absolute Gasteiger partial charge is 0.352 e. The van der Waals surface area contributed by atoms with Crippen LogP contribution < -0.4 is 21.3 Å². The van der Waals surface area contributed by atoms with Gasteiger partial charge in [-0.2, -0.15) is 0 Å². The molecule has 0 saturated carbocycles. The summed E-state index contributed by atoms with van der Waals surface area (Å²) in [7, 11) is 0. The molecule has 4 amide bonds. The fraction of sp³-hybridized carbons (Fsp3) is 0.0952. The lowest BCUT2D eigenvalue weighted by Crippen LogP contribution is -2.22. The number of thiophene rings is 1. The average Bonchev–Trinajstić information content (AvgIpc) is 3.17. The summed E-state index contributed by atoms with van der Waals surface area (Å²) in [5.41, 5.74) is 1.66. The summed E-state index contributed by atoms with van der Waals surface area (Å²) in [6, 6.07) is 18.7. The molecule has 4 N–H and O–H groups in total. The predicted octanol–water partition coefficient (Wildman–Crippen LogP) is 4.39. The summed E-state index contributed by atoms with van der Waals surface area (Å²) < 4.78 is 0. The Balaban J connectivity index is 1.60. The minimum absolute atomic E-state index is 0.198. The molecule has 0 unspecified atom stereocenters. The second kappa shape index (κ2) is 9.52. The van der Waals surface area contributed by atoms with E-state index in [0.29, 0.717) is 33.4 Å². The fourth-order valence-electron chi connectivity index (χ4n) is 2.52. The number of nitrogens with one attached hydrogen (secondary N) is 4. The quantitative estimate of drug-likeness (QED) is 0.487. The van der Waals surface area contributed by atoms with Gasteiger partial charge in [-0.1, -0.05) is 24.3 Å². The highest BCUT2D eigenvalue weighted by atomic mass is 32.1. The van der Waals surface area contributed by atoms with Crippen LogP contribution in [0.25, 0.3) is 0 Å². The third-order valence-corrected chi connectivity index (χ3v) is 4.82. The number of amides is 4. The van der Waals surface area contributed by atoms with Crippen LogP contribution in [-0.4, -0.2) is 24.4 Å². The van der Waals surface area contributed by atoms with E-state index in [-0.39, 0.29) is 17.8 Å². The van der Waals surface area contributed by atoms with E-state index in [1.165, 1.54) is 0 Å². The molecule has 3 aromatic rings. The van der Waals surface area contributed by atoms with Gasteiger partial charge in [0.05, 0.1) is 9.88 Å². The lowest BCUT2D eigenvalue weighted by atomic mass is 10.2. The van der Waals surface area contributed by atoms with E-state index in [0.717, 1.165) is 11.3 Å². The van der Waals surface area contributed by atoms with Gasteiger partial charge in [0.1, 0.15) is 0 Å². The summed E-state index contributed by atoms with van der Waals surface area (Å²) in [4.78, 5) is 36.9. The molecule has 0 fully saturated rings. The molecule has 3 rings (SSSR count). The molecule has 0 spiro atoms. The van der Waals surface area contributed by atoms with Gasteiger partial charge < -0.3 is 16.0 Å². The third-order valence-electron chi connectivity index (χ3n) is 3.82. The molecular formula is C21H20N4O3S. The summed E-state index contributed by atoms with van der Waals surface area (Å²) in [6.45, 7) is 2.37. The van der Waals surface area contributed by atoms with Gasteiger partial charge in [-0.05, 0) is 49.4 Å². The maximum atomic E-state index is 12.5. The van der Waals surface area contributed by atoms with Gasteiger partial charge in [0.15, 0.2) is 0 Å². The van der Waals surface area contributed by atoms with Gasteiger partial charge in [-0.25, -0.2) is 4.79 Å². The van der Waals surface area contributed by atoms with Crippen molar-refractivity contribution in [3.63, 3.8) is 0 Å². The van der Waals surface area contributed by atoms with Crippen LogP contribution in [-0.2, 0) is 0 Å². The second-order valence-corrected chi connectivity index (χ2v) is 7.09. The lowest BCUT2D eigenvalue weighted by molar-refractivity contribution is 0.0954. The van der Waals surface area contributed by atoms with Gasteiger partial charge in [0.25, 0.3) is 11.8 Å². The average molecular weight is 408 g/mol. The van der Waals surface area contributed by atoms with E-state index in [4.69, 9.17) is 0 Å². The van der Waals surface area contributed by atoms with Crippen molar-refractivity contribution in [1.29, 1.82) is 0 Å². The summed E-state index contributed by atoms with van der Waals surface area (Å²) in [5, 5.41) is 11.4. The first-order chi connectivity index (χ1) is 14.0. The molecule has 148 valence electrons. The van der Waals surface area contributed by atoms with E-state index in [2.05, 4.69) is 21.3 Å². The van der Waals surface area contributed by atoms with Crippen molar-refractivity contribution in [1.82, 2.24) is 5.32 Å². The Kier molecular flexibility index (Phi) is 6.59. The molecule has 0 radical (unpaired) electrons. The number of urea groups is 1. The monoisotopic (exact) mass is 408 g/mol. The first kappa shape index (κ1) is 20.1. The Hall–Kier alpha value is -3.65. The normalized spacial score (nSPS) is 10.1. The molecule has 0 atom stereocenters. The first-order valence-corrected chi connectivity index (χ1v) is 9.79. The molecule has 7 nitrogen and oxygen atoms in total. The van der Waals surface area contributed by atoms with Gasteiger partial charge in [-0.3, -0.25) is 14.9 Å². The number of para-hydroxylation sites is 1. The highest BCUT2D eigenvalue weighted by molar-refractivity contribution is 7.18. The Morgan fingerprint density at radius 2 is 1.55 bits per heavy atom. The zero-order valence-corrected chi connectivity index (χ0v) is 16.5. The number of benzene rings is 2. The number of rotatable bonds is 6. The van der Waals surface area contributed by atoms with Gasteiger partial charge in [0, 0.05) is 23.5 Å². The number of hydrogen-bond donors (Lipinski definition) is 4. The number of carbonyl (C=O) groups is 3. The van der Waals surface area contributed by atoms with Crippen molar-refractivity contribution >= 4 is 45.6 Å². The second-order valence-electron chi connectivity index (χ2n) is 6.00. The first-order valence-electron chi connectivity index (χ1n) is 8.97. The van der Waals surface area contributed by atoms with E-state index >= 15 is 0 Å². The molecular weight excluding hydrogens is 388 g/mol. The molecule has 0 aliphatic heterocycles. The molecule has 0 saturated heterocycles. The summed E-state index contributed by atoms with van der Waals surface area (Å²) >= 11 is 1.15. The van der Waals surface area contributed by atoms with E-state index < -0.39 is 0 Å². The van der Waals surface area contributed by atoms with Crippen molar-refractivity contribution in [2.75, 3.05) is 22.5 Å². The molecule has 0 bridgehead atoms. The zero-order valence-electron chi connectivity index (χ0n) is 15.7. The predicted molar refractivity (Wildman–Crippen MR) is 116 cm³/mol. The topological polar surface area (TPSA) is 99.3 Å². The van der Waals surface area contributed by atoms with Gasteiger partial charge >= 0.3 is 6.03 Å². The van der Waals surface area contributed by atoms with E-state index in [1.54, 1.807) is 48.5 Å². The lowest BCUT2D eigenvalue weighted by Gasteiger charge is -2.07.